The van der Waals surface area contributed by atoms with Crippen LogP contribution in [-0.4, -0.2) is 37.4 Å². The van der Waals surface area contributed by atoms with Gasteiger partial charge in [0.2, 0.25) is 0 Å². The molecule has 1 aromatic carbocycles. The molecule has 0 bridgehead atoms. The van der Waals surface area contributed by atoms with Gasteiger partial charge in [0.15, 0.2) is 10.2 Å². The van der Waals surface area contributed by atoms with Gasteiger partial charge >= 0.3 is 0 Å². The molecule has 20 heavy (non-hydrogen) atoms. The van der Waals surface area contributed by atoms with Crippen molar-refractivity contribution in [1.82, 2.24) is 16.2 Å². The lowest BCUT2D eigenvalue weighted by Crippen LogP contribution is -3.06. The summed E-state index contributed by atoms with van der Waals surface area (Å²) in [5.41, 5.74) is 6.57. The average molecular weight is 377 g/mol. The summed E-state index contributed by atoms with van der Waals surface area (Å²) in [5.74, 6) is 0. The van der Waals surface area contributed by atoms with E-state index in [1.807, 2.05) is 24.3 Å². The van der Waals surface area contributed by atoms with Gasteiger partial charge in [-0.05, 0) is 42.6 Å². The molecule has 5 nitrogen and oxygen atoms in total. The summed E-state index contributed by atoms with van der Waals surface area (Å²) >= 11 is 13.7. The first-order valence-electron chi connectivity index (χ1n) is 6.13. The van der Waals surface area contributed by atoms with Crippen LogP contribution in [0.5, 0.6) is 0 Å². The van der Waals surface area contributed by atoms with E-state index in [9.17, 15) is 0 Å². The summed E-state index contributed by atoms with van der Waals surface area (Å²) in [5, 5.41) is 7.10. The molecule has 0 aliphatic carbocycles. The van der Waals surface area contributed by atoms with Crippen molar-refractivity contribution in [2.24, 2.45) is 0 Å². The number of benzene rings is 1. The van der Waals surface area contributed by atoms with E-state index in [1.54, 1.807) is 0 Å². The Hall–Kier alpha value is -0.960. The van der Waals surface area contributed by atoms with Gasteiger partial charge in [-0.1, -0.05) is 22.0 Å². The van der Waals surface area contributed by atoms with Gasteiger partial charge in [-0.2, -0.15) is 0 Å². The fourth-order valence-corrected chi connectivity index (χ4v) is 2.03. The standard InChI is InChI=1S/C12H18BrN5S2/c1-18(2)7-6-14-11(19)16-17-12(20)15-10-5-3-4-9(13)8-10/h3-5,8H,6-7H2,1-2H3,(H2,14,16,19)(H2,15,17,20)/p+1. The summed E-state index contributed by atoms with van der Waals surface area (Å²) < 4.78 is 0.988. The van der Waals surface area contributed by atoms with Crippen LogP contribution >= 0.6 is 40.4 Å². The number of nitrogens with one attached hydrogen (secondary N) is 5. The monoisotopic (exact) mass is 376 g/mol. The van der Waals surface area contributed by atoms with E-state index in [1.165, 1.54) is 4.90 Å². The Morgan fingerprint density at radius 3 is 2.55 bits per heavy atom. The fraction of sp³-hybridized carbons (Fsp3) is 0.333. The van der Waals surface area contributed by atoms with Crippen LogP contribution in [-0.2, 0) is 0 Å². The minimum atomic E-state index is 0.450. The van der Waals surface area contributed by atoms with Gasteiger partial charge in [-0.15, -0.1) is 0 Å². The SMILES string of the molecule is C[NH+](C)CCNC(=S)NNC(=S)Nc1cccc(Br)c1. The largest absolute Gasteiger partial charge is 0.356 e. The van der Waals surface area contributed by atoms with Crippen LogP contribution in [0.1, 0.15) is 0 Å². The number of anilines is 1. The van der Waals surface area contributed by atoms with Gasteiger partial charge in [-0.25, -0.2) is 0 Å². The molecule has 0 amide bonds. The lowest BCUT2D eigenvalue weighted by molar-refractivity contribution is -0.856. The Labute approximate surface area is 138 Å². The van der Waals surface area contributed by atoms with Gasteiger partial charge in [0.25, 0.3) is 0 Å². The van der Waals surface area contributed by atoms with Gasteiger partial charge in [0.1, 0.15) is 0 Å². The molecular weight excluding hydrogens is 358 g/mol. The number of rotatable bonds is 4. The molecule has 0 radical (unpaired) electrons. The van der Waals surface area contributed by atoms with Crippen LogP contribution < -0.4 is 26.4 Å². The molecular formula is C12H19BrN5S2+. The van der Waals surface area contributed by atoms with Crippen molar-refractivity contribution in [2.75, 3.05) is 32.5 Å². The first-order chi connectivity index (χ1) is 9.47. The van der Waals surface area contributed by atoms with E-state index in [4.69, 9.17) is 24.4 Å². The maximum absolute atomic E-state index is 5.16. The highest BCUT2D eigenvalue weighted by Gasteiger charge is 2.00. The first-order valence-corrected chi connectivity index (χ1v) is 7.74. The summed E-state index contributed by atoms with van der Waals surface area (Å²) in [7, 11) is 4.18. The zero-order chi connectivity index (χ0) is 15.0. The third-order valence-electron chi connectivity index (χ3n) is 2.28. The Kier molecular flexibility index (Phi) is 7.75. The van der Waals surface area contributed by atoms with E-state index in [-0.39, 0.29) is 0 Å². The van der Waals surface area contributed by atoms with Crippen molar-refractivity contribution in [2.45, 2.75) is 0 Å². The first kappa shape index (κ1) is 17.1. The highest BCUT2D eigenvalue weighted by molar-refractivity contribution is 9.10. The molecule has 0 fully saturated rings. The molecule has 0 saturated carbocycles. The lowest BCUT2D eigenvalue weighted by atomic mass is 10.3. The second-order valence-electron chi connectivity index (χ2n) is 4.43. The van der Waals surface area contributed by atoms with Crippen molar-refractivity contribution in [3.8, 4) is 0 Å². The van der Waals surface area contributed by atoms with Crippen LogP contribution in [0.15, 0.2) is 28.7 Å². The topological polar surface area (TPSA) is 52.6 Å². The quantitative estimate of drug-likeness (QED) is 0.384. The predicted octanol–water partition coefficient (Wildman–Crippen LogP) is 0.259. The van der Waals surface area contributed by atoms with Crippen molar-refractivity contribution >= 4 is 56.3 Å². The smallest absolute Gasteiger partial charge is 0.189 e. The third-order valence-corrected chi connectivity index (χ3v) is 3.23. The molecule has 0 aliphatic heterocycles. The van der Waals surface area contributed by atoms with Crippen molar-refractivity contribution in [3.05, 3.63) is 28.7 Å². The Morgan fingerprint density at radius 2 is 1.90 bits per heavy atom. The maximum atomic E-state index is 5.16. The number of hydrogen-bond acceptors (Lipinski definition) is 2. The molecule has 8 heteroatoms. The third kappa shape index (κ3) is 7.59. The molecule has 0 aromatic heterocycles. The zero-order valence-electron chi connectivity index (χ0n) is 11.4. The van der Waals surface area contributed by atoms with Crippen LogP contribution in [0, 0.1) is 0 Å². The molecule has 110 valence electrons. The minimum Gasteiger partial charge on any atom is -0.356 e. The highest BCUT2D eigenvalue weighted by Crippen LogP contribution is 2.15. The molecule has 0 saturated heterocycles. The molecule has 5 N–H and O–H groups in total. The number of hydrogen-bond donors (Lipinski definition) is 5. The normalized spacial score (nSPS) is 10.0. The predicted molar refractivity (Wildman–Crippen MR) is 94.9 cm³/mol. The Balaban J connectivity index is 2.24. The summed E-state index contributed by atoms with van der Waals surface area (Å²) in [6.07, 6.45) is 0. The molecule has 1 aromatic rings. The van der Waals surface area contributed by atoms with Crippen molar-refractivity contribution < 1.29 is 4.90 Å². The summed E-state index contributed by atoms with van der Waals surface area (Å²) in [4.78, 5) is 1.36. The molecule has 0 heterocycles. The Bertz CT molecular complexity index is 467. The zero-order valence-corrected chi connectivity index (χ0v) is 14.6. The Morgan fingerprint density at radius 1 is 1.20 bits per heavy atom. The number of halogens is 1. The molecule has 0 atom stereocenters. The number of thiocarbonyl (C=S) groups is 2. The average Bonchev–Trinajstić information content (AvgIpc) is 2.36. The molecule has 0 aliphatic rings. The maximum Gasteiger partial charge on any atom is 0.189 e. The minimum absolute atomic E-state index is 0.450. The lowest BCUT2D eigenvalue weighted by Gasteiger charge is -2.15. The van der Waals surface area contributed by atoms with E-state index >= 15 is 0 Å². The van der Waals surface area contributed by atoms with Crippen LogP contribution in [0.25, 0.3) is 0 Å². The van der Waals surface area contributed by atoms with E-state index in [2.05, 4.69) is 51.5 Å². The highest BCUT2D eigenvalue weighted by atomic mass is 79.9. The van der Waals surface area contributed by atoms with Crippen LogP contribution in [0.3, 0.4) is 0 Å². The van der Waals surface area contributed by atoms with Crippen molar-refractivity contribution in [3.63, 3.8) is 0 Å². The van der Waals surface area contributed by atoms with E-state index in [0.717, 1.165) is 23.2 Å². The number of quaternary nitrogens is 1. The van der Waals surface area contributed by atoms with Crippen LogP contribution in [0.4, 0.5) is 5.69 Å². The van der Waals surface area contributed by atoms with E-state index < -0.39 is 0 Å². The summed E-state index contributed by atoms with van der Waals surface area (Å²) in [6, 6.07) is 7.74. The van der Waals surface area contributed by atoms with Gasteiger partial charge in [-0.3, -0.25) is 10.9 Å². The van der Waals surface area contributed by atoms with E-state index in [0.29, 0.717) is 10.2 Å². The van der Waals surface area contributed by atoms with Crippen molar-refractivity contribution in [1.29, 1.82) is 0 Å². The second-order valence-corrected chi connectivity index (χ2v) is 6.16. The van der Waals surface area contributed by atoms with Gasteiger partial charge < -0.3 is 15.5 Å². The second kappa shape index (κ2) is 9.06. The molecule has 0 unspecified atom stereocenters. The van der Waals surface area contributed by atoms with Crippen LogP contribution in [0.2, 0.25) is 0 Å². The molecule has 1 rings (SSSR count). The molecule has 0 spiro atoms. The van der Waals surface area contributed by atoms with Gasteiger partial charge in [0.05, 0.1) is 27.2 Å². The fourth-order valence-electron chi connectivity index (χ4n) is 1.31. The van der Waals surface area contributed by atoms with Gasteiger partial charge in [0, 0.05) is 10.2 Å². The summed E-state index contributed by atoms with van der Waals surface area (Å²) in [6.45, 7) is 1.80. The number of likely N-dealkylation sites (N-methyl/N-ethyl adjacent to an activating group) is 1. The number of hydrazine groups is 1.